The molecular formula is C23H28N2O7S. The van der Waals surface area contributed by atoms with Crippen LogP contribution in [0.3, 0.4) is 0 Å². The van der Waals surface area contributed by atoms with Gasteiger partial charge in [0.1, 0.15) is 11.5 Å². The molecule has 0 radical (unpaired) electrons. The number of benzene rings is 2. The highest BCUT2D eigenvalue weighted by molar-refractivity contribution is 7.98. The third-order valence-corrected chi connectivity index (χ3v) is 5.64. The van der Waals surface area contributed by atoms with Gasteiger partial charge in [-0.1, -0.05) is 12.1 Å². The first-order valence-electron chi connectivity index (χ1n) is 10.2. The second-order valence-electron chi connectivity index (χ2n) is 7.08. The number of ether oxygens (including phenoxy) is 2. The van der Waals surface area contributed by atoms with Crippen molar-refractivity contribution < 1.29 is 34.1 Å². The van der Waals surface area contributed by atoms with Gasteiger partial charge in [0.15, 0.2) is 6.61 Å². The number of methoxy groups -OCH3 is 1. The molecule has 0 spiro atoms. The fourth-order valence-electron chi connectivity index (χ4n) is 3.05. The Morgan fingerprint density at radius 1 is 0.879 bits per heavy atom. The molecular weight excluding hydrogens is 448 g/mol. The summed E-state index contributed by atoms with van der Waals surface area (Å²) in [6, 6.07) is 16.0. The van der Waals surface area contributed by atoms with Crippen molar-refractivity contribution >= 4 is 29.6 Å². The average Bonchev–Trinajstić information content (AvgIpc) is 2.84. The molecule has 10 heteroatoms. The minimum atomic E-state index is -1.82. The molecule has 1 aliphatic heterocycles. The first-order valence-corrected chi connectivity index (χ1v) is 11.4. The summed E-state index contributed by atoms with van der Waals surface area (Å²) < 4.78 is 10.7. The maximum Gasteiger partial charge on any atom is 0.414 e. The van der Waals surface area contributed by atoms with E-state index in [2.05, 4.69) is 35.4 Å². The van der Waals surface area contributed by atoms with Crippen LogP contribution in [0, 0.1) is 0 Å². The molecule has 0 aromatic heterocycles. The molecule has 0 aliphatic carbocycles. The molecule has 178 valence electrons. The third-order valence-electron chi connectivity index (χ3n) is 4.89. The number of thioether (sulfide) groups is 1. The summed E-state index contributed by atoms with van der Waals surface area (Å²) in [4.78, 5) is 36.1. The molecule has 9 nitrogen and oxygen atoms in total. The van der Waals surface area contributed by atoms with Gasteiger partial charge in [0.05, 0.1) is 7.11 Å². The lowest BCUT2D eigenvalue weighted by atomic mass is 10.2. The van der Waals surface area contributed by atoms with Gasteiger partial charge in [-0.25, -0.2) is 9.59 Å². The number of hydrogen-bond acceptors (Lipinski definition) is 7. The molecule has 1 amide bonds. The molecule has 2 aromatic rings. The van der Waals surface area contributed by atoms with E-state index in [-0.39, 0.29) is 12.5 Å². The predicted molar refractivity (Wildman–Crippen MR) is 124 cm³/mol. The highest BCUT2D eigenvalue weighted by Crippen LogP contribution is 2.18. The third kappa shape index (κ3) is 9.03. The van der Waals surface area contributed by atoms with Crippen molar-refractivity contribution in [2.24, 2.45) is 0 Å². The Labute approximate surface area is 196 Å². The van der Waals surface area contributed by atoms with Crippen LogP contribution in [0.5, 0.6) is 11.5 Å². The maximum atomic E-state index is 12.4. The van der Waals surface area contributed by atoms with Crippen LogP contribution in [-0.4, -0.2) is 84.0 Å². The normalized spacial score (nSPS) is 13.5. The van der Waals surface area contributed by atoms with Crippen LogP contribution in [0.2, 0.25) is 0 Å². The minimum Gasteiger partial charge on any atom is -0.497 e. The Morgan fingerprint density at radius 3 is 1.91 bits per heavy atom. The number of aliphatic carboxylic acids is 2. The fourth-order valence-corrected chi connectivity index (χ4v) is 3.46. The largest absolute Gasteiger partial charge is 0.497 e. The summed E-state index contributed by atoms with van der Waals surface area (Å²) in [5.41, 5.74) is 1.32. The zero-order chi connectivity index (χ0) is 24.2. The van der Waals surface area contributed by atoms with E-state index in [0.717, 1.165) is 38.5 Å². The monoisotopic (exact) mass is 476 g/mol. The Balaban J connectivity index is 0.000000569. The van der Waals surface area contributed by atoms with E-state index in [0.29, 0.717) is 5.75 Å². The topological polar surface area (TPSA) is 117 Å². The molecule has 1 saturated heterocycles. The smallest absolute Gasteiger partial charge is 0.414 e. The molecule has 2 aromatic carbocycles. The summed E-state index contributed by atoms with van der Waals surface area (Å²) in [6.45, 7) is 4.26. The van der Waals surface area contributed by atoms with E-state index in [1.54, 1.807) is 18.9 Å². The molecule has 1 fully saturated rings. The maximum absolute atomic E-state index is 12.4. The van der Waals surface area contributed by atoms with E-state index in [1.165, 1.54) is 10.5 Å². The number of rotatable bonds is 7. The van der Waals surface area contributed by atoms with E-state index < -0.39 is 11.9 Å². The lowest BCUT2D eigenvalue weighted by Gasteiger charge is -2.34. The number of carboxylic acids is 2. The fraction of sp³-hybridized carbons (Fsp3) is 0.348. The summed E-state index contributed by atoms with van der Waals surface area (Å²) >= 11 is 1.76. The van der Waals surface area contributed by atoms with Crippen molar-refractivity contribution in [1.29, 1.82) is 0 Å². The van der Waals surface area contributed by atoms with Crippen LogP contribution < -0.4 is 9.47 Å². The number of carbonyl (C=O) groups excluding carboxylic acids is 1. The minimum absolute atomic E-state index is 0.0368. The van der Waals surface area contributed by atoms with Gasteiger partial charge >= 0.3 is 11.9 Å². The van der Waals surface area contributed by atoms with Crippen molar-refractivity contribution in [3.63, 3.8) is 0 Å². The van der Waals surface area contributed by atoms with E-state index >= 15 is 0 Å². The standard InChI is InChI=1S/C21H26N2O3S.C2H2O4/c1-25-18-5-7-19(8-6-18)26-16-21(24)23-13-11-22(12-14-23)15-17-3-9-20(27-2)10-4-17;3-1(4)2(5)6/h3-10H,11-16H2,1-2H3;(H,3,4)(H,5,6). The molecule has 1 heterocycles. The Morgan fingerprint density at radius 2 is 1.42 bits per heavy atom. The van der Waals surface area contributed by atoms with Crippen LogP contribution in [0.1, 0.15) is 5.56 Å². The Hall–Kier alpha value is -3.24. The molecule has 0 bridgehead atoms. The van der Waals surface area contributed by atoms with Crippen molar-refractivity contribution in [2.75, 3.05) is 46.2 Å². The van der Waals surface area contributed by atoms with Crippen molar-refractivity contribution in [3.8, 4) is 11.5 Å². The number of hydrogen-bond donors (Lipinski definition) is 2. The van der Waals surface area contributed by atoms with Crippen LogP contribution in [0.4, 0.5) is 0 Å². The summed E-state index contributed by atoms with van der Waals surface area (Å²) in [6.07, 6.45) is 2.09. The quantitative estimate of drug-likeness (QED) is 0.459. The summed E-state index contributed by atoms with van der Waals surface area (Å²) in [5, 5.41) is 14.8. The number of piperazine rings is 1. The van der Waals surface area contributed by atoms with Crippen LogP contribution in [-0.2, 0) is 20.9 Å². The number of carbonyl (C=O) groups is 3. The molecule has 0 atom stereocenters. The zero-order valence-corrected chi connectivity index (χ0v) is 19.4. The van der Waals surface area contributed by atoms with Gasteiger partial charge in [0.2, 0.25) is 0 Å². The van der Waals surface area contributed by atoms with Gasteiger partial charge in [-0.3, -0.25) is 9.69 Å². The van der Waals surface area contributed by atoms with Crippen LogP contribution in [0.15, 0.2) is 53.4 Å². The first-order chi connectivity index (χ1) is 15.8. The highest BCUT2D eigenvalue weighted by atomic mass is 32.2. The number of amides is 1. The number of carboxylic acid groups (broad SMARTS) is 2. The van der Waals surface area contributed by atoms with Crippen molar-refractivity contribution in [3.05, 3.63) is 54.1 Å². The highest BCUT2D eigenvalue weighted by Gasteiger charge is 2.21. The van der Waals surface area contributed by atoms with Gasteiger partial charge in [-0.15, -0.1) is 11.8 Å². The predicted octanol–water partition coefficient (Wildman–Crippen LogP) is 2.30. The van der Waals surface area contributed by atoms with Gasteiger partial charge in [0.25, 0.3) is 5.91 Å². The summed E-state index contributed by atoms with van der Waals surface area (Å²) in [7, 11) is 1.62. The Kier molecular flexibility index (Phi) is 10.5. The van der Waals surface area contributed by atoms with E-state index in [1.807, 2.05) is 29.2 Å². The van der Waals surface area contributed by atoms with Crippen molar-refractivity contribution in [2.45, 2.75) is 11.4 Å². The van der Waals surface area contributed by atoms with Crippen LogP contribution >= 0.6 is 11.8 Å². The molecule has 33 heavy (non-hydrogen) atoms. The first kappa shape index (κ1) is 26.0. The number of nitrogens with zero attached hydrogens (tertiary/aromatic N) is 2. The second kappa shape index (κ2) is 13.3. The average molecular weight is 477 g/mol. The van der Waals surface area contributed by atoms with Gasteiger partial charge in [-0.2, -0.15) is 0 Å². The lowest BCUT2D eigenvalue weighted by Crippen LogP contribution is -2.49. The van der Waals surface area contributed by atoms with E-state index in [9.17, 15) is 4.79 Å². The van der Waals surface area contributed by atoms with E-state index in [4.69, 9.17) is 29.3 Å². The van der Waals surface area contributed by atoms with Gasteiger partial charge in [-0.05, 0) is 48.2 Å². The molecule has 2 N–H and O–H groups in total. The molecule has 0 saturated carbocycles. The van der Waals surface area contributed by atoms with Gasteiger partial charge < -0.3 is 24.6 Å². The molecule has 3 rings (SSSR count). The van der Waals surface area contributed by atoms with Gasteiger partial charge in [0, 0.05) is 37.6 Å². The Bertz CT molecular complexity index is 899. The summed E-state index contributed by atoms with van der Waals surface area (Å²) in [5.74, 6) is -2.16. The van der Waals surface area contributed by atoms with Crippen LogP contribution in [0.25, 0.3) is 0 Å². The second-order valence-corrected chi connectivity index (χ2v) is 7.96. The van der Waals surface area contributed by atoms with Crippen molar-refractivity contribution in [1.82, 2.24) is 9.80 Å². The SMILES string of the molecule is COc1ccc(OCC(=O)N2CCN(Cc3ccc(SC)cc3)CC2)cc1.O=C(O)C(=O)O. The molecule has 0 unspecified atom stereocenters. The lowest BCUT2D eigenvalue weighted by molar-refractivity contribution is -0.159. The zero-order valence-electron chi connectivity index (χ0n) is 18.6. The molecule has 1 aliphatic rings.